The molecular weight excluding hydrogens is 196 g/mol. The molecule has 4 unspecified atom stereocenters. The standard InChI is InChI=1S/C14H28N2/c1-10-8-16(9-11(10)2)13-7-14(3,4)6-5-12(13)15/h10-13H,5-9,15H2,1-4H3. The maximum atomic E-state index is 6.33. The van der Waals surface area contributed by atoms with Gasteiger partial charge in [-0.1, -0.05) is 27.7 Å². The molecule has 0 aromatic heterocycles. The van der Waals surface area contributed by atoms with E-state index >= 15 is 0 Å². The average Bonchev–Trinajstić information content (AvgIpc) is 2.51. The Hall–Kier alpha value is -0.0800. The SMILES string of the molecule is CC1CN(C2CC(C)(C)CCC2N)CC1C. The molecule has 2 heteroatoms. The van der Waals surface area contributed by atoms with Gasteiger partial charge >= 0.3 is 0 Å². The molecule has 0 amide bonds. The van der Waals surface area contributed by atoms with E-state index in [4.69, 9.17) is 5.73 Å². The molecule has 1 aliphatic heterocycles. The minimum Gasteiger partial charge on any atom is -0.326 e. The van der Waals surface area contributed by atoms with Crippen LogP contribution >= 0.6 is 0 Å². The second-order valence-corrected chi connectivity index (χ2v) is 7.05. The lowest BCUT2D eigenvalue weighted by atomic mass is 9.72. The quantitative estimate of drug-likeness (QED) is 0.741. The highest BCUT2D eigenvalue weighted by atomic mass is 15.2. The summed E-state index contributed by atoms with van der Waals surface area (Å²) in [6.45, 7) is 12.1. The van der Waals surface area contributed by atoms with Crippen molar-refractivity contribution in [1.82, 2.24) is 4.90 Å². The van der Waals surface area contributed by atoms with Gasteiger partial charge in [0.15, 0.2) is 0 Å². The Bertz CT molecular complexity index is 239. The molecule has 1 saturated carbocycles. The van der Waals surface area contributed by atoms with Gasteiger partial charge in [0, 0.05) is 25.2 Å². The third kappa shape index (κ3) is 2.43. The summed E-state index contributed by atoms with van der Waals surface area (Å²) in [5.41, 5.74) is 6.82. The van der Waals surface area contributed by atoms with Crippen LogP contribution in [0.4, 0.5) is 0 Å². The molecule has 2 aliphatic rings. The summed E-state index contributed by atoms with van der Waals surface area (Å²) in [5, 5.41) is 0. The average molecular weight is 224 g/mol. The van der Waals surface area contributed by atoms with Crippen LogP contribution in [0.25, 0.3) is 0 Å². The second kappa shape index (κ2) is 4.30. The topological polar surface area (TPSA) is 29.3 Å². The first-order valence-electron chi connectivity index (χ1n) is 6.89. The second-order valence-electron chi connectivity index (χ2n) is 7.05. The third-order valence-corrected chi connectivity index (χ3v) is 4.90. The first kappa shape index (κ1) is 12.4. The molecule has 0 radical (unpaired) electrons. The molecule has 4 atom stereocenters. The van der Waals surface area contributed by atoms with Crippen LogP contribution < -0.4 is 5.73 Å². The number of hydrogen-bond donors (Lipinski definition) is 1. The fraction of sp³-hybridized carbons (Fsp3) is 1.00. The Labute approximate surface area is 101 Å². The highest BCUT2D eigenvalue weighted by Gasteiger charge is 2.39. The van der Waals surface area contributed by atoms with E-state index in [1.54, 1.807) is 0 Å². The van der Waals surface area contributed by atoms with Crippen molar-refractivity contribution in [3.05, 3.63) is 0 Å². The van der Waals surface area contributed by atoms with E-state index in [-0.39, 0.29) is 0 Å². The van der Waals surface area contributed by atoms with Crippen LogP contribution in [-0.4, -0.2) is 30.1 Å². The van der Waals surface area contributed by atoms with Crippen molar-refractivity contribution in [3.63, 3.8) is 0 Å². The van der Waals surface area contributed by atoms with E-state index in [9.17, 15) is 0 Å². The van der Waals surface area contributed by atoms with E-state index in [1.807, 2.05) is 0 Å². The predicted octanol–water partition coefficient (Wildman–Crippen LogP) is 2.48. The van der Waals surface area contributed by atoms with Crippen molar-refractivity contribution in [1.29, 1.82) is 0 Å². The van der Waals surface area contributed by atoms with Crippen LogP contribution in [0.1, 0.15) is 47.0 Å². The van der Waals surface area contributed by atoms with E-state index in [2.05, 4.69) is 32.6 Å². The van der Waals surface area contributed by atoms with Gasteiger partial charge in [0.25, 0.3) is 0 Å². The molecule has 2 N–H and O–H groups in total. The summed E-state index contributed by atoms with van der Waals surface area (Å²) in [6.07, 6.45) is 3.79. The van der Waals surface area contributed by atoms with Gasteiger partial charge in [0.2, 0.25) is 0 Å². The molecular formula is C14H28N2. The van der Waals surface area contributed by atoms with Gasteiger partial charge < -0.3 is 5.73 Å². The fourth-order valence-electron chi connectivity index (χ4n) is 3.41. The minimum atomic E-state index is 0.408. The Morgan fingerprint density at radius 1 is 1.12 bits per heavy atom. The maximum Gasteiger partial charge on any atom is 0.0252 e. The normalized spacial score (nSPS) is 44.8. The molecule has 16 heavy (non-hydrogen) atoms. The Morgan fingerprint density at radius 2 is 1.69 bits per heavy atom. The van der Waals surface area contributed by atoms with E-state index in [0.29, 0.717) is 17.5 Å². The van der Waals surface area contributed by atoms with Crippen molar-refractivity contribution >= 4 is 0 Å². The minimum absolute atomic E-state index is 0.408. The van der Waals surface area contributed by atoms with Gasteiger partial charge in [0.05, 0.1) is 0 Å². The zero-order valence-corrected chi connectivity index (χ0v) is 11.4. The molecule has 0 aromatic rings. The Kier molecular flexibility index (Phi) is 3.33. The maximum absolute atomic E-state index is 6.33. The van der Waals surface area contributed by atoms with Gasteiger partial charge in [-0.3, -0.25) is 4.90 Å². The molecule has 0 spiro atoms. The number of hydrogen-bond acceptors (Lipinski definition) is 2. The lowest BCUT2D eigenvalue weighted by molar-refractivity contribution is 0.0915. The Morgan fingerprint density at radius 3 is 2.25 bits per heavy atom. The highest BCUT2D eigenvalue weighted by molar-refractivity contribution is 4.95. The summed E-state index contributed by atoms with van der Waals surface area (Å²) in [4.78, 5) is 2.67. The van der Waals surface area contributed by atoms with E-state index in [1.165, 1.54) is 32.4 Å². The number of rotatable bonds is 1. The van der Waals surface area contributed by atoms with Gasteiger partial charge in [-0.25, -0.2) is 0 Å². The summed E-state index contributed by atoms with van der Waals surface area (Å²) in [7, 11) is 0. The molecule has 0 bridgehead atoms. The van der Waals surface area contributed by atoms with Crippen molar-refractivity contribution < 1.29 is 0 Å². The van der Waals surface area contributed by atoms with Crippen LogP contribution in [-0.2, 0) is 0 Å². The van der Waals surface area contributed by atoms with Crippen LogP contribution in [0.15, 0.2) is 0 Å². The largest absolute Gasteiger partial charge is 0.326 e. The summed E-state index contributed by atoms with van der Waals surface area (Å²) < 4.78 is 0. The lowest BCUT2D eigenvalue weighted by Gasteiger charge is -2.43. The molecule has 1 saturated heterocycles. The smallest absolute Gasteiger partial charge is 0.0252 e. The lowest BCUT2D eigenvalue weighted by Crippen LogP contribution is -2.52. The van der Waals surface area contributed by atoms with Gasteiger partial charge in [-0.2, -0.15) is 0 Å². The summed E-state index contributed by atoms with van der Waals surface area (Å²) >= 11 is 0. The molecule has 2 nitrogen and oxygen atoms in total. The number of nitrogens with two attached hydrogens (primary N) is 1. The van der Waals surface area contributed by atoms with Crippen LogP contribution in [0.2, 0.25) is 0 Å². The number of nitrogens with zero attached hydrogens (tertiary/aromatic N) is 1. The monoisotopic (exact) mass is 224 g/mol. The summed E-state index contributed by atoms with van der Waals surface area (Å²) in [5.74, 6) is 1.69. The molecule has 0 aromatic carbocycles. The fourth-order valence-corrected chi connectivity index (χ4v) is 3.41. The van der Waals surface area contributed by atoms with Crippen LogP contribution in [0.3, 0.4) is 0 Å². The van der Waals surface area contributed by atoms with Crippen molar-refractivity contribution in [2.75, 3.05) is 13.1 Å². The van der Waals surface area contributed by atoms with Crippen molar-refractivity contribution in [2.45, 2.75) is 59.0 Å². The van der Waals surface area contributed by atoms with Crippen LogP contribution in [0, 0.1) is 17.3 Å². The van der Waals surface area contributed by atoms with Crippen molar-refractivity contribution in [2.24, 2.45) is 23.0 Å². The van der Waals surface area contributed by atoms with Gasteiger partial charge in [-0.15, -0.1) is 0 Å². The third-order valence-electron chi connectivity index (χ3n) is 4.90. The summed E-state index contributed by atoms with van der Waals surface area (Å²) in [6, 6.07) is 1.04. The zero-order valence-electron chi connectivity index (χ0n) is 11.4. The van der Waals surface area contributed by atoms with Crippen molar-refractivity contribution in [3.8, 4) is 0 Å². The highest BCUT2D eigenvalue weighted by Crippen LogP contribution is 2.38. The molecule has 2 fully saturated rings. The van der Waals surface area contributed by atoms with Crippen LogP contribution in [0.5, 0.6) is 0 Å². The molecule has 2 rings (SSSR count). The first-order chi connectivity index (χ1) is 7.39. The Balaban J connectivity index is 2.02. The first-order valence-corrected chi connectivity index (χ1v) is 6.89. The molecule has 1 aliphatic carbocycles. The predicted molar refractivity (Wildman–Crippen MR) is 69.3 cm³/mol. The number of likely N-dealkylation sites (tertiary alicyclic amines) is 1. The molecule has 94 valence electrons. The van der Waals surface area contributed by atoms with Gasteiger partial charge in [0.1, 0.15) is 0 Å². The molecule has 1 heterocycles. The van der Waals surface area contributed by atoms with E-state index in [0.717, 1.165) is 11.8 Å². The zero-order chi connectivity index (χ0) is 11.9. The van der Waals surface area contributed by atoms with Gasteiger partial charge in [-0.05, 0) is 36.5 Å². The van der Waals surface area contributed by atoms with E-state index < -0.39 is 0 Å².